The fourth-order valence-corrected chi connectivity index (χ4v) is 2.09. The molecular weight excluding hydrogens is 300 g/mol. The Bertz CT molecular complexity index is 617. The summed E-state index contributed by atoms with van der Waals surface area (Å²) in [4.78, 5) is 6.55. The molecule has 0 aliphatic carbocycles. The second-order valence-electron chi connectivity index (χ2n) is 5.29. The van der Waals surface area contributed by atoms with Crippen molar-refractivity contribution in [2.75, 3.05) is 37.8 Å². The summed E-state index contributed by atoms with van der Waals surface area (Å²) >= 11 is 6.11. The molecule has 6 nitrogen and oxygen atoms in total. The average molecular weight is 321 g/mol. The molecule has 118 valence electrons. The van der Waals surface area contributed by atoms with Crippen LogP contribution in [0.4, 0.5) is 17.5 Å². The Morgan fingerprint density at radius 1 is 1.27 bits per heavy atom. The average Bonchev–Trinajstić information content (AvgIpc) is 2.49. The number of aromatic nitrogens is 3. The second kappa shape index (κ2) is 7.91. The maximum Gasteiger partial charge on any atom is 0.249 e. The van der Waals surface area contributed by atoms with Crippen molar-refractivity contribution in [1.82, 2.24) is 20.1 Å². The molecule has 0 atom stereocenters. The van der Waals surface area contributed by atoms with Gasteiger partial charge >= 0.3 is 0 Å². The first kappa shape index (κ1) is 16.5. The Morgan fingerprint density at radius 2 is 2.09 bits per heavy atom. The molecule has 1 aromatic heterocycles. The van der Waals surface area contributed by atoms with E-state index in [1.807, 2.05) is 25.1 Å². The minimum absolute atomic E-state index is 0.447. The van der Waals surface area contributed by atoms with E-state index in [2.05, 4.69) is 44.8 Å². The quantitative estimate of drug-likeness (QED) is 0.765. The Labute approximate surface area is 135 Å². The number of rotatable bonds is 7. The largest absolute Gasteiger partial charge is 0.369 e. The van der Waals surface area contributed by atoms with E-state index in [9.17, 15) is 0 Å². The van der Waals surface area contributed by atoms with E-state index >= 15 is 0 Å². The van der Waals surface area contributed by atoms with Crippen molar-refractivity contribution in [3.63, 3.8) is 0 Å². The number of hydrogen-bond acceptors (Lipinski definition) is 6. The van der Waals surface area contributed by atoms with Crippen LogP contribution in [0.3, 0.4) is 0 Å². The molecule has 0 saturated heterocycles. The van der Waals surface area contributed by atoms with E-state index in [1.54, 1.807) is 6.20 Å². The summed E-state index contributed by atoms with van der Waals surface area (Å²) in [7, 11) is 4.11. The zero-order valence-corrected chi connectivity index (χ0v) is 13.9. The number of hydrogen-bond donors (Lipinski definition) is 2. The van der Waals surface area contributed by atoms with Crippen molar-refractivity contribution in [2.45, 2.75) is 13.3 Å². The maximum atomic E-state index is 6.11. The highest BCUT2D eigenvalue weighted by molar-refractivity contribution is 6.31. The summed E-state index contributed by atoms with van der Waals surface area (Å²) in [5, 5.41) is 15.1. The van der Waals surface area contributed by atoms with Gasteiger partial charge in [0.25, 0.3) is 0 Å². The molecule has 0 aliphatic rings. The zero-order chi connectivity index (χ0) is 15.9. The summed E-state index contributed by atoms with van der Waals surface area (Å²) < 4.78 is 0. The lowest BCUT2D eigenvalue weighted by atomic mass is 10.2. The van der Waals surface area contributed by atoms with Gasteiger partial charge in [0.15, 0.2) is 5.82 Å². The van der Waals surface area contributed by atoms with Gasteiger partial charge in [-0.05, 0) is 51.7 Å². The highest BCUT2D eigenvalue weighted by atomic mass is 35.5. The van der Waals surface area contributed by atoms with Gasteiger partial charge in [-0.1, -0.05) is 17.7 Å². The third-order valence-corrected chi connectivity index (χ3v) is 3.57. The molecule has 0 spiro atoms. The first-order valence-corrected chi connectivity index (χ1v) is 7.54. The highest BCUT2D eigenvalue weighted by Gasteiger charge is 2.05. The van der Waals surface area contributed by atoms with Crippen LogP contribution in [-0.4, -0.2) is 47.3 Å². The van der Waals surface area contributed by atoms with Crippen LogP contribution < -0.4 is 10.6 Å². The summed E-state index contributed by atoms with van der Waals surface area (Å²) in [6.07, 6.45) is 2.65. The van der Waals surface area contributed by atoms with Gasteiger partial charge in [-0.2, -0.15) is 10.1 Å². The van der Waals surface area contributed by atoms with E-state index in [0.717, 1.165) is 30.8 Å². The topological polar surface area (TPSA) is 66.0 Å². The van der Waals surface area contributed by atoms with Crippen molar-refractivity contribution in [3.05, 3.63) is 35.0 Å². The van der Waals surface area contributed by atoms with Crippen molar-refractivity contribution in [1.29, 1.82) is 0 Å². The van der Waals surface area contributed by atoms with Crippen LogP contribution in [-0.2, 0) is 0 Å². The van der Waals surface area contributed by atoms with Gasteiger partial charge in [0.05, 0.1) is 6.20 Å². The normalized spacial score (nSPS) is 10.8. The van der Waals surface area contributed by atoms with Crippen LogP contribution in [0, 0.1) is 6.92 Å². The standard InChI is InChI=1S/C15H21ClN6/c1-11-12(16)6-4-7-13(11)19-15-20-14(10-18-21-15)17-8-5-9-22(2)3/h4,6-7,10H,5,8-9H2,1-3H3,(H2,17,19,20,21). The van der Waals surface area contributed by atoms with Crippen molar-refractivity contribution in [3.8, 4) is 0 Å². The van der Waals surface area contributed by atoms with Crippen LogP contribution in [0.25, 0.3) is 0 Å². The van der Waals surface area contributed by atoms with E-state index < -0.39 is 0 Å². The molecule has 7 heteroatoms. The first-order valence-electron chi connectivity index (χ1n) is 7.16. The lowest BCUT2D eigenvalue weighted by Crippen LogP contribution is -2.17. The Hall–Kier alpha value is -1.92. The SMILES string of the molecule is Cc1c(Cl)cccc1Nc1nncc(NCCCN(C)C)n1. The first-order chi connectivity index (χ1) is 10.6. The molecule has 0 amide bonds. The van der Waals surface area contributed by atoms with Crippen LogP contribution in [0.2, 0.25) is 5.02 Å². The van der Waals surface area contributed by atoms with E-state index in [0.29, 0.717) is 16.8 Å². The second-order valence-corrected chi connectivity index (χ2v) is 5.69. The predicted molar refractivity (Wildman–Crippen MR) is 91.0 cm³/mol. The maximum absolute atomic E-state index is 6.11. The molecule has 22 heavy (non-hydrogen) atoms. The molecule has 0 fully saturated rings. The van der Waals surface area contributed by atoms with Crippen LogP contribution >= 0.6 is 11.6 Å². The Morgan fingerprint density at radius 3 is 2.86 bits per heavy atom. The fourth-order valence-electron chi connectivity index (χ4n) is 1.92. The molecule has 0 saturated carbocycles. The number of nitrogens with zero attached hydrogens (tertiary/aromatic N) is 4. The Balaban J connectivity index is 1.98. The molecule has 2 rings (SSSR count). The molecule has 1 heterocycles. The van der Waals surface area contributed by atoms with E-state index in [4.69, 9.17) is 11.6 Å². The van der Waals surface area contributed by atoms with Gasteiger partial charge in [0.1, 0.15) is 0 Å². The number of halogens is 1. The van der Waals surface area contributed by atoms with Gasteiger partial charge in [0.2, 0.25) is 5.95 Å². The number of benzene rings is 1. The van der Waals surface area contributed by atoms with Crippen LogP contribution in [0.5, 0.6) is 0 Å². The number of anilines is 3. The van der Waals surface area contributed by atoms with Gasteiger partial charge in [0, 0.05) is 17.3 Å². The van der Waals surface area contributed by atoms with E-state index in [1.165, 1.54) is 0 Å². The van der Waals surface area contributed by atoms with Gasteiger partial charge in [-0.25, -0.2) is 0 Å². The minimum atomic E-state index is 0.447. The van der Waals surface area contributed by atoms with Gasteiger partial charge in [-0.15, -0.1) is 5.10 Å². The fraction of sp³-hybridized carbons (Fsp3) is 0.400. The molecule has 2 aromatic rings. The van der Waals surface area contributed by atoms with Crippen molar-refractivity contribution < 1.29 is 0 Å². The summed E-state index contributed by atoms with van der Waals surface area (Å²) in [6.45, 7) is 3.81. The van der Waals surface area contributed by atoms with Gasteiger partial charge in [-0.3, -0.25) is 0 Å². The molecule has 0 bridgehead atoms. The lowest BCUT2D eigenvalue weighted by molar-refractivity contribution is 0.405. The molecule has 2 N–H and O–H groups in total. The number of nitrogens with one attached hydrogen (secondary N) is 2. The summed E-state index contributed by atoms with van der Waals surface area (Å²) in [6, 6.07) is 5.67. The molecule has 0 aliphatic heterocycles. The third kappa shape index (κ3) is 4.82. The third-order valence-electron chi connectivity index (χ3n) is 3.16. The van der Waals surface area contributed by atoms with Crippen LogP contribution in [0.15, 0.2) is 24.4 Å². The minimum Gasteiger partial charge on any atom is -0.369 e. The van der Waals surface area contributed by atoms with E-state index in [-0.39, 0.29) is 0 Å². The molecule has 0 unspecified atom stereocenters. The molecule has 1 aromatic carbocycles. The van der Waals surface area contributed by atoms with Crippen LogP contribution in [0.1, 0.15) is 12.0 Å². The highest BCUT2D eigenvalue weighted by Crippen LogP contribution is 2.24. The smallest absolute Gasteiger partial charge is 0.249 e. The summed E-state index contributed by atoms with van der Waals surface area (Å²) in [5.74, 6) is 1.15. The van der Waals surface area contributed by atoms with Crippen molar-refractivity contribution >= 4 is 29.1 Å². The summed E-state index contributed by atoms with van der Waals surface area (Å²) in [5.41, 5.74) is 1.83. The predicted octanol–water partition coefficient (Wildman–Crippen LogP) is 2.94. The Kier molecular flexibility index (Phi) is 5.91. The van der Waals surface area contributed by atoms with Crippen molar-refractivity contribution in [2.24, 2.45) is 0 Å². The zero-order valence-electron chi connectivity index (χ0n) is 13.1. The monoisotopic (exact) mass is 320 g/mol. The lowest BCUT2D eigenvalue weighted by Gasteiger charge is -2.11. The molecule has 0 radical (unpaired) electrons. The van der Waals surface area contributed by atoms with Gasteiger partial charge < -0.3 is 15.5 Å². The molecular formula is C15H21ClN6.